The highest BCUT2D eigenvalue weighted by Gasteiger charge is 2.25. The van der Waals surface area contributed by atoms with E-state index in [2.05, 4.69) is 4.98 Å². The lowest BCUT2D eigenvalue weighted by Gasteiger charge is -2.11. The highest BCUT2D eigenvalue weighted by molar-refractivity contribution is 5.76. The van der Waals surface area contributed by atoms with Gasteiger partial charge in [-0.3, -0.25) is 9.20 Å². The molecule has 0 saturated carbocycles. The lowest BCUT2D eigenvalue weighted by Crippen LogP contribution is -2.24. The van der Waals surface area contributed by atoms with Gasteiger partial charge in [0, 0.05) is 31.7 Å². The molecule has 0 radical (unpaired) electrons. The lowest BCUT2D eigenvalue weighted by atomic mass is 10.0. The van der Waals surface area contributed by atoms with E-state index in [1.807, 2.05) is 17.5 Å². The topological polar surface area (TPSA) is 85.5 Å². The number of carboxylic acid groups (broad SMARTS) is 1. The number of rotatable bonds is 3. The SMILES string of the molecule is Cc1c(C(CN)C(=O)O)n(C)c2nccn12. The van der Waals surface area contributed by atoms with Crippen LogP contribution >= 0.6 is 0 Å². The van der Waals surface area contributed by atoms with Crippen LogP contribution in [-0.2, 0) is 11.8 Å². The molecule has 2 aromatic rings. The van der Waals surface area contributed by atoms with Crippen LogP contribution in [0.2, 0.25) is 0 Å². The molecule has 2 rings (SSSR count). The van der Waals surface area contributed by atoms with Crippen LogP contribution in [0.5, 0.6) is 0 Å². The Bertz CT molecular complexity index is 506. The number of aliphatic carboxylic acids is 1. The van der Waals surface area contributed by atoms with Crippen molar-refractivity contribution in [2.75, 3.05) is 6.54 Å². The number of nitrogens with zero attached hydrogens (tertiary/aromatic N) is 3. The average Bonchev–Trinajstić information content (AvgIpc) is 2.78. The molecule has 0 saturated heterocycles. The third kappa shape index (κ3) is 1.30. The molecule has 16 heavy (non-hydrogen) atoms. The maximum atomic E-state index is 11.1. The molecule has 2 heterocycles. The molecule has 0 aliphatic heterocycles. The van der Waals surface area contributed by atoms with Crippen molar-refractivity contribution >= 4 is 11.7 Å². The van der Waals surface area contributed by atoms with Crippen molar-refractivity contribution < 1.29 is 9.90 Å². The molecule has 0 aliphatic carbocycles. The molecule has 3 N–H and O–H groups in total. The van der Waals surface area contributed by atoms with E-state index in [1.54, 1.807) is 17.8 Å². The van der Waals surface area contributed by atoms with Crippen molar-refractivity contribution in [2.45, 2.75) is 12.8 Å². The van der Waals surface area contributed by atoms with Crippen molar-refractivity contribution in [3.63, 3.8) is 0 Å². The number of imidazole rings is 2. The standard InChI is InChI=1S/C10H14N4O2/c1-6-8(7(5-11)9(15)16)13(2)10-12-3-4-14(6)10/h3-4,7H,5,11H2,1-2H3,(H,15,16). The molecular weight excluding hydrogens is 208 g/mol. The number of hydrogen-bond donors (Lipinski definition) is 2. The van der Waals surface area contributed by atoms with Gasteiger partial charge in [0.05, 0.1) is 5.69 Å². The highest BCUT2D eigenvalue weighted by atomic mass is 16.4. The van der Waals surface area contributed by atoms with Crippen LogP contribution in [0.1, 0.15) is 17.3 Å². The maximum Gasteiger partial charge on any atom is 0.313 e. The van der Waals surface area contributed by atoms with E-state index in [4.69, 9.17) is 10.8 Å². The number of carboxylic acids is 1. The van der Waals surface area contributed by atoms with Gasteiger partial charge in [-0.25, -0.2) is 4.98 Å². The fraction of sp³-hybridized carbons (Fsp3) is 0.400. The molecule has 1 unspecified atom stereocenters. The minimum Gasteiger partial charge on any atom is -0.481 e. The Labute approximate surface area is 92.3 Å². The summed E-state index contributed by atoms with van der Waals surface area (Å²) in [5, 5.41) is 9.12. The summed E-state index contributed by atoms with van der Waals surface area (Å²) in [5.74, 6) is -0.867. The summed E-state index contributed by atoms with van der Waals surface area (Å²) in [6.07, 6.45) is 3.49. The molecule has 0 aromatic carbocycles. The minimum atomic E-state index is -0.908. The van der Waals surface area contributed by atoms with Gasteiger partial charge >= 0.3 is 5.97 Å². The Morgan fingerprint density at radius 2 is 2.38 bits per heavy atom. The molecule has 6 nitrogen and oxygen atoms in total. The van der Waals surface area contributed by atoms with Crippen LogP contribution < -0.4 is 5.73 Å². The number of hydrogen-bond acceptors (Lipinski definition) is 3. The average molecular weight is 222 g/mol. The smallest absolute Gasteiger partial charge is 0.313 e. The Balaban J connectivity index is 2.67. The van der Waals surface area contributed by atoms with Gasteiger partial charge in [0.15, 0.2) is 0 Å². The van der Waals surface area contributed by atoms with E-state index < -0.39 is 11.9 Å². The normalized spacial score (nSPS) is 13.2. The number of aryl methyl sites for hydroxylation is 2. The molecule has 0 bridgehead atoms. The zero-order valence-corrected chi connectivity index (χ0v) is 9.21. The summed E-state index contributed by atoms with van der Waals surface area (Å²) in [4.78, 5) is 15.3. The third-order valence-electron chi connectivity index (χ3n) is 2.88. The Morgan fingerprint density at radius 1 is 1.69 bits per heavy atom. The first-order chi connectivity index (χ1) is 7.57. The molecule has 0 fully saturated rings. The molecule has 0 amide bonds. The van der Waals surface area contributed by atoms with Gasteiger partial charge in [-0.05, 0) is 6.92 Å². The summed E-state index contributed by atoms with van der Waals surface area (Å²) in [5.41, 5.74) is 7.09. The monoisotopic (exact) mass is 222 g/mol. The molecule has 2 aromatic heterocycles. The van der Waals surface area contributed by atoms with Crippen molar-refractivity contribution in [2.24, 2.45) is 12.8 Å². The number of carbonyl (C=O) groups is 1. The van der Waals surface area contributed by atoms with Gasteiger partial charge < -0.3 is 15.4 Å². The Kier molecular flexibility index (Phi) is 2.43. The Morgan fingerprint density at radius 3 is 2.88 bits per heavy atom. The summed E-state index contributed by atoms with van der Waals surface area (Å²) in [6, 6.07) is 0. The number of aromatic nitrogens is 3. The predicted octanol–water partition coefficient (Wildman–Crippen LogP) is 0.108. The van der Waals surface area contributed by atoms with Crippen molar-refractivity contribution in [3.8, 4) is 0 Å². The number of fused-ring (bicyclic) bond motifs is 1. The van der Waals surface area contributed by atoms with Crippen LogP contribution in [-0.4, -0.2) is 31.6 Å². The molecule has 6 heteroatoms. The Hall–Kier alpha value is -1.82. The van der Waals surface area contributed by atoms with Crippen LogP contribution in [0, 0.1) is 6.92 Å². The predicted molar refractivity (Wildman–Crippen MR) is 58.3 cm³/mol. The third-order valence-corrected chi connectivity index (χ3v) is 2.88. The van der Waals surface area contributed by atoms with E-state index in [0.717, 1.165) is 11.5 Å². The van der Waals surface area contributed by atoms with Crippen LogP contribution in [0.25, 0.3) is 5.78 Å². The second-order valence-electron chi connectivity index (χ2n) is 3.75. The van der Waals surface area contributed by atoms with Crippen molar-refractivity contribution in [3.05, 3.63) is 23.8 Å². The van der Waals surface area contributed by atoms with E-state index in [0.29, 0.717) is 5.69 Å². The summed E-state index contributed by atoms with van der Waals surface area (Å²) in [7, 11) is 1.80. The minimum absolute atomic E-state index is 0.0805. The molecule has 86 valence electrons. The lowest BCUT2D eigenvalue weighted by molar-refractivity contribution is -0.138. The summed E-state index contributed by atoms with van der Waals surface area (Å²) >= 11 is 0. The quantitative estimate of drug-likeness (QED) is 0.771. The van der Waals surface area contributed by atoms with Gasteiger partial charge in [-0.1, -0.05) is 0 Å². The second-order valence-corrected chi connectivity index (χ2v) is 3.75. The molecular formula is C10H14N4O2. The largest absolute Gasteiger partial charge is 0.481 e. The van der Waals surface area contributed by atoms with Gasteiger partial charge in [0.25, 0.3) is 0 Å². The van der Waals surface area contributed by atoms with E-state index in [-0.39, 0.29) is 6.54 Å². The highest BCUT2D eigenvalue weighted by Crippen LogP contribution is 2.22. The zero-order valence-electron chi connectivity index (χ0n) is 9.21. The molecule has 0 aliphatic rings. The van der Waals surface area contributed by atoms with Gasteiger partial charge in [-0.2, -0.15) is 0 Å². The van der Waals surface area contributed by atoms with E-state index >= 15 is 0 Å². The van der Waals surface area contributed by atoms with E-state index in [9.17, 15) is 4.79 Å². The fourth-order valence-electron chi connectivity index (χ4n) is 2.09. The maximum absolute atomic E-state index is 11.1. The first kappa shape index (κ1) is 10.7. The zero-order chi connectivity index (χ0) is 11.9. The summed E-state index contributed by atoms with van der Waals surface area (Å²) < 4.78 is 3.64. The summed E-state index contributed by atoms with van der Waals surface area (Å²) in [6.45, 7) is 1.95. The van der Waals surface area contributed by atoms with Crippen molar-refractivity contribution in [1.29, 1.82) is 0 Å². The van der Waals surface area contributed by atoms with Crippen molar-refractivity contribution in [1.82, 2.24) is 14.0 Å². The molecule has 1 atom stereocenters. The number of nitrogens with two attached hydrogens (primary N) is 1. The van der Waals surface area contributed by atoms with Gasteiger partial charge in [0.1, 0.15) is 5.92 Å². The fourth-order valence-corrected chi connectivity index (χ4v) is 2.09. The molecule has 0 spiro atoms. The van der Waals surface area contributed by atoms with Gasteiger partial charge in [-0.15, -0.1) is 0 Å². The van der Waals surface area contributed by atoms with Crippen LogP contribution in [0.3, 0.4) is 0 Å². The van der Waals surface area contributed by atoms with E-state index in [1.165, 1.54) is 0 Å². The van der Waals surface area contributed by atoms with Gasteiger partial charge in [0.2, 0.25) is 5.78 Å². The van der Waals surface area contributed by atoms with Crippen LogP contribution in [0.4, 0.5) is 0 Å². The first-order valence-corrected chi connectivity index (χ1v) is 4.99. The first-order valence-electron chi connectivity index (χ1n) is 4.99. The second kappa shape index (κ2) is 3.64. The van der Waals surface area contributed by atoms with Crippen LogP contribution in [0.15, 0.2) is 12.4 Å².